The van der Waals surface area contributed by atoms with Crippen LogP contribution in [0.5, 0.6) is 0 Å². The number of aryl methyl sites for hydroxylation is 1. The Kier molecular flexibility index (Phi) is 5.60. The van der Waals surface area contributed by atoms with E-state index in [-0.39, 0.29) is 16.3 Å². The van der Waals surface area contributed by atoms with Gasteiger partial charge in [0.15, 0.2) is 5.76 Å². The number of carbonyl (C=O) groups is 1. The zero-order valence-electron chi connectivity index (χ0n) is 16.7. The summed E-state index contributed by atoms with van der Waals surface area (Å²) in [5.41, 5.74) is 2.44. The molecule has 1 heterocycles. The number of nitrogens with zero attached hydrogens (tertiary/aromatic N) is 1. The van der Waals surface area contributed by atoms with Crippen LogP contribution in [0.2, 0.25) is 5.02 Å². The molecule has 7 heteroatoms. The molecular weight excluding hydrogens is 434 g/mol. The molecule has 31 heavy (non-hydrogen) atoms. The van der Waals surface area contributed by atoms with E-state index in [1.54, 1.807) is 42.5 Å². The Morgan fingerprint density at radius 1 is 0.935 bits per heavy atom. The van der Waals surface area contributed by atoms with Crippen LogP contribution in [0.1, 0.15) is 22.7 Å². The highest BCUT2D eigenvalue weighted by Gasteiger charge is 2.46. The Morgan fingerprint density at radius 2 is 1.55 bits per heavy atom. The van der Waals surface area contributed by atoms with Crippen LogP contribution in [0.4, 0.5) is 0 Å². The van der Waals surface area contributed by atoms with Crippen LogP contribution in [0.15, 0.2) is 94.4 Å². The molecule has 0 aliphatic carbocycles. The predicted molar refractivity (Wildman–Crippen MR) is 119 cm³/mol. The smallest absolute Gasteiger partial charge is 0.290 e. The van der Waals surface area contributed by atoms with E-state index in [9.17, 15) is 18.3 Å². The first-order valence-corrected chi connectivity index (χ1v) is 11.5. The number of hydrogen-bond donors (Lipinski definition) is 1. The quantitative estimate of drug-likeness (QED) is 0.591. The van der Waals surface area contributed by atoms with Crippen molar-refractivity contribution in [2.75, 3.05) is 0 Å². The van der Waals surface area contributed by atoms with Crippen molar-refractivity contribution in [3.8, 4) is 0 Å². The van der Waals surface area contributed by atoms with Crippen molar-refractivity contribution in [2.45, 2.75) is 24.4 Å². The molecule has 1 atom stereocenters. The van der Waals surface area contributed by atoms with E-state index < -0.39 is 27.5 Å². The Hall–Kier alpha value is -3.09. The maximum atomic E-state index is 13.5. The van der Waals surface area contributed by atoms with Crippen molar-refractivity contribution in [3.05, 3.63) is 111 Å². The van der Waals surface area contributed by atoms with E-state index >= 15 is 0 Å². The molecule has 0 radical (unpaired) electrons. The van der Waals surface area contributed by atoms with Crippen LogP contribution in [-0.2, 0) is 21.2 Å². The molecule has 5 nitrogen and oxygen atoms in total. The number of aliphatic hydroxyl groups excluding tert-OH is 1. The fourth-order valence-corrected chi connectivity index (χ4v) is 5.45. The second-order valence-corrected chi connectivity index (χ2v) is 9.76. The van der Waals surface area contributed by atoms with Gasteiger partial charge in [0.1, 0.15) is 4.91 Å². The summed E-state index contributed by atoms with van der Waals surface area (Å²) >= 11 is 6.02. The minimum Gasteiger partial charge on any atom is -0.502 e. The Bertz CT molecular complexity index is 1250. The standard InChI is InChI=1S/C24H20ClNO4S/c1-16-7-9-17(10-8-16)15-26-21(18-11-13-19(25)14-12-18)23(22(27)24(26)28)31(29,30)20-5-3-2-4-6-20/h2-14,21,27H,15H2,1H3/t21-/m1/s1. The maximum absolute atomic E-state index is 13.5. The van der Waals surface area contributed by atoms with Crippen molar-refractivity contribution in [3.63, 3.8) is 0 Å². The molecule has 1 aliphatic heterocycles. The van der Waals surface area contributed by atoms with Crippen molar-refractivity contribution in [1.82, 2.24) is 4.90 Å². The number of carbonyl (C=O) groups excluding carboxylic acids is 1. The van der Waals surface area contributed by atoms with Crippen LogP contribution in [-0.4, -0.2) is 24.3 Å². The van der Waals surface area contributed by atoms with E-state index in [0.717, 1.165) is 11.1 Å². The molecule has 0 fully saturated rings. The van der Waals surface area contributed by atoms with Gasteiger partial charge >= 0.3 is 0 Å². The van der Waals surface area contributed by atoms with Crippen molar-refractivity contribution in [2.24, 2.45) is 0 Å². The molecule has 0 unspecified atom stereocenters. The lowest BCUT2D eigenvalue weighted by molar-refractivity contribution is -0.130. The van der Waals surface area contributed by atoms with Gasteiger partial charge in [-0.1, -0.05) is 71.8 Å². The summed E-state index contributed by atoms with van der Waals surface area (Å²) in [4.78, 5) is 14.1. The molecule has 0 spiro atoms. The SMILES string of the molecule is Cc1ccc(CN2C(=O)C(O)=C(S(=O)(=O)c3ccccc3)[C@H]2c2ccc(Cl)cc2)cc1. The molecule has 158 valence electrons. The molecule has 0 saturated heterocycles. The van der Waals surface area contributed by atoms with Gasteiger partial charge in [-0.3, -0.25) is 4.79 Å². The molecule has 1 aliphatic rings. The third-order valence-corrected chi connectivity index (χ3v) is 7.40. The summed E-state index contributed by atoms with van der Waals surface area (Å²) in [6, 6.07) is 21.0. The Labute approximate surface area is 186 Å². The summed E-state index contributed by atoms with van der Waals surface area (Å²) in [7, 11) is -4.13. The Balaban J connectivity index is 1.85. The lowest BCUT2D eigenvalue weighted by Gasteiger charge is -2.27. The lowest BCUT2D eigenvalue weighted by Crippen LogP contribution is -2.30. The van der Waals surface area contributed by atoms with Crippen LogP contribution in [0.3, 0.4) is 0 Å². The van der Waals surface area contributed by atoms with E-state index in [2.05, 4.69) is 0 Å². The monoisotopic (exact) mass is 453 g/mol. The number of hydrogen-bond acceptors (Lipinski definition) is 4. The van der Waals surface area contributed by atoms with E-state index in [1.165, 1.54) is 17.0 Å². The Morgan fingerprint density at radius 3 is 2.16 bits per heavy atom. The summed E-state index contributed by atoms with van der Waals surface area (Å²) < 4.78 is 26.9. The van der Waals surface area contributed by atoms with Gasteiger partial charge in [-0.25, -0.2) is 8.42 Å². The van der Waals surface area contributed by atoms with E-state index in [1.807, 2.05) is 31.2 Å². The van der Waals surface area contributed by atoms with Gasteiger partial charge in [-0.05, 0) is 42.3 Å². The number of rotatable bonds is 5. The number of benzene rings is 3. The molecule has 4 rings (SSSR count). The third-order valence-electron chi connectivity index (χ3n) is 5.26. The molecule has 3 aromatic rings. The average Bonchev–Trinajstić information content (AvgIpc) is 3.02. The minimum absolute atomic E-state index is 0.0144. The summed E-state index contributed by atoms with van der Waals surface area (Å²) in [5, 5.41) is 11.2. The summed E-state index contributed by atoms with van der Waals surface area (Å²) in [6.07, 6.45) is 0. The molecule has 0 saturated carbocycles. The van der Waals surface area contributed by atoms with Crippen LogP contribution in [0.25, 0.3) is 0 Å². The normalized spacial score (nSPS) is 16.8. The van der Waals surface area contributed by atoms with Gasteiger partial charge in [0.25, 0.3) is 5.91 Å². The number of amides is 1. The number of sulfone groups is 1. The predicted octanol–water partition coefficient (Wildman–Crippen LogP) is 4.98. The van der Waals surface area contributed by atoms with E-state index in [4.69, 9.17) is 11.6 Å². The topological polar surface area (TPSA) is 74.7 Å². The van der Waals surface area contributed by atoms with Gasteiger partial charge in [0, 0.05) is 11.6 Å². The van der Waals surface area contributed by atoms with Gasteiger partial charge in [0.05, 0.1) is 10.9 Å². The molecule has 3 aromatic carbocycles. The highest BCUT2D eigenvalue weighted by molar-refractivity contribution is 7.95. The molecular formula is C24H20ClNO4S. The zero-order chi connectivity index (χ0) is 22.2. The zero-order valence-corrected chi connectivity index (χ0v) is 18.3. The molecule has 1 N–H and O–H groups in total. The lowest BCUT2D eigenvalue weighted by atomic mass is 10.1. The van der Waals surface area contributed by atoms with Gasteiger partial charge < -0.3 is 10.0 Å². The van der Waals surface area contributed by atoms with Crippen molar-refractivity contribution < 1.29 is 18.3 Å². The van der Waals surface area contributed by atoms with Gasteiger partial charge in [-0.15, -0.1) is 0 Å². The number of halogens is 1. The minimum atomic E-state index is -4.13. The van der Waals surface area contributed by atoms with Gasteiger partial charge in [0.2, 0.25) is 9.84 Å². The summed E-state index contributed by atoms with van der Waals surface area (Å²) in [6.45, 7) is 2.10. The molecule has 0 bridgehead atoms. The molecule has 0 aromatic heterocycles. The van der Waals surface area contributed by atoms with Crippen molar-refractivity contribution >= 4 is 27.3 Å². The first-order valence-electron chi connectivity index (χ1n) is 9.64. The second-order valence-electron chi connectivity index (χ2n) is 7.40. The number of aliphatic hydroxyl groups is 1. The fourth-order valence-electron chi connectivity index (χ4n) is 3.66. The van der Waals surface area contributed by atoms with Crippen LogP contribution < -0.4 is 0 Å². The largest absolute Gasteiger partial charge is 0.502 e. The molecule has 1 amide bonds. The van der Waals surface area contributed by atoms with Crippen molar-refractivity contribution in [1.29, 1.82) is 0 Å². The first kappa shape index (κ1) is 21.2. The first-order chi connectivity index (χ1) is 14.8. The fraction of sp³-hybridized carbons (Fsp3) is 0.125. The third kappa shape index (κ3) is 3.96. The van der Waals surface area contributed by atoms with Crippen LogP contribution >= 0.6 is 11.6 Å². The second kappa shape index (κ2) is 8.21. The summed E-state index contributed by atoms with van der Waals surface area (Å²) in [5.74, 6) is -1.48. The maximum Gasteiger partial charge on any atom is 0.290 e. The van der Waals surface area contributed by atoms with Gasteiger partial charge in [-0.2, -0.15) is 0 Å². The highest BCUT2D eigenvalue weighted by atomic mass is 35.5. The van der Waals surface area contributed by atoms with E-state index in [0.29, 0.717) is 10.6 Å². The van der Waals surface area contributed by atoms with Crippen LogP contribution in [0, 0.1) is 6.92 Å². The average molecular weight is 454 g/mol. The highest BCUT2D eigenvalue weighted by Crippen LogP contribution is 2.43.